The van der Waals surface area contributed by atoms with E-state index in [1.54, 1.807) is 4.90 Å². The van der Waals surface area contributed by atoms with Crippen molar-refractivity contribution in [3.63, 3.8) is 0 Å². The highest BCUT2D eigenvalue weighted by Gasteiger charge is 2.32. The van der Waals surface area contributed by atoms with Gasteiger partial charge in [-0.2, -0.15) is 17.5 Å². The Balaban J connectivity index is 1.38. The molecular formula is C23H24F3N3O4S. The van der Waals surface area contributed by atoms with E-state index in [0.29, 0.717) is 18.7 Å². The van der Waals surface area contributed by atoms with Crippen LogP contribution in [-0.2, 0) is 16.2 Å². The van der Waals surface area contributed by atoms with Gasteiger partial charge in [0, 0.05) is 50.4 Å². The lowest BCUT2D eigenvalue weighted by atomic mass is 10.1. The molecule has 0 aliphatic carbocycles. The number of carbonyl (C=O) groups is 2. The third kappa shape index (κ3) is 4.95. The van der Waals surface area contributed by atoms with E-state index < -0.39 is 27.7 Å². The molecule has 0 atom stereocenters. The molecule has 34 heavy (non-hydrogen) atoms. The predicted octanol–water partition coefficient (Wildman–Crippen LogP) is 3.09. The van der Waals surface area contributed by atoms with Gasteiger partial charge in [-0.05, 0) is 55.3 Å². The zero-order valence-corrected chi connectivity index (χ0v) is 19.1. The number of nitrogens with zero attached hydrogens (tertiary/aromatic N) is 3. The van der Waals surface area contributed by atoms with Crippen LogP contribution in [0.1, 0.15) is 39.1 Å². The maximum Gasteiger partial charge on any atom is 0.416 e. The molecule has 2 fully saturated rings. The summed E-state index contributed by atoms with van der Waals surface area (Å²) in [7, 11) is -3.57. The van der Waals surface area contributed by atoms with Gasteiger partial charge in [0.2, 0.25) is 10.0 Å². The molecule has 0 saturated carbocycles. The first-order chi connectivity index (χ1) is 16.1. The molecule has 2 aliphatic heterocycles. The normalized spacial score (nSPS) is 17.7. The van der Waals surface area contributed by atoms with Gasteiger partial charge in [0.05, 0.1) is 10.5 Å². The van der Waals surface area contributed by atoms with E-state index in [2.05, 4.69) is 0 Å². The van der Waals surface area contributed by atoms with Crippen molar-refractivity contribution in [3.8, 4) is 0 Å². The highest BCUT2D eigenvalue weighted by molar-refractivity contribution is 7.89. The summed E-state index contributed by atoms with van der Waals surface area (Å²) < 4.78 is 65.5. The van der Waals surface area contributed by atoms with E-state index in [1.807, 2.05) is 0 Å². The van der Waals surface area contributed by atoms with Crippen LogP contribution in [0.3, 0.4) is 0 Å². The fraction of sp³-hybridized carbons (Fsp3) is 0.391. The Morgan fingerprint density at radius 2 is 1.26 bits per heavy atom. The molecule has 2 heterocycles. The number of hydrogen-bond acceptors (Lipinski definition) is 4. The smallest absolute Gasteiger partial charge is 0.335 e. The molecule has 0 radical (unpaired) electrons. The molecule has 2 aliphatic rings. The van der Waals surface area contributed by atoms with Gasteiger partial charge in [-0.25, -0.2) is 8.42 Å². The highest BCUT2D eigenvalue weighted by atomic mass is 32.2. The topological polar surface area (TPSA) is 78.0 Å². The number of halogens is 3. The lowest BCUT2D eigenvalue weighted by molar-refractivity contribution is -0.137. The largest absolute Gasteiger partial charge is 0.416 e. The van der Waals surface area contributed by atoms with Gasteiger partial charge in [0.1, 0.15) is 0 Å². The van der Waals surface area contributed by atoms with E-state index in [1.165, 1.54) is 45.6 Å². The Bertz CT molecular complexity index is 1170. The van der Waals surface area contributed by atoms with Crippen LogP contribution in [0, 0.1) is 0 Å². The number of amides is 2. The van der Waals surface area contributed by atoms with Crippen molar-refractivity contribution in [1.82, 2.24) is 14.1 Å². The van der Waals surface area contributed by atoms with Gasteiger partial charge in [-0.1, -0.05) is 6.07 Å². The summed E-state index contributed by atoms with van der Waals surface area (Å²) in [6.45, 7) is 1.79. The summed E-state index contributed by atoms with van der Waals surface area (Å²) in [6.07, 6.45) is -2.87. The SMILES string of the molecule is O=C(c1ccc(S(=O)(=O)N2CCCC2)cc1)N1CCN(C(=O)c2cccc(C(F)(F)F)c2)CC1. The minimum atomic E-state index is -4.54. The second kappa shape index (κ2) is 9.38. The van der Waals surface area contributed by atoms with Crippen LogP contribution in [0.25, 0.3) is 0 Å². The first-order valence-corrected chi connectivity index (χ1v) is 12.4. The predicted molar refractivity (Wildman–Crippen MR) is 118 cm³/mol. The van der Waals surface area contributed by atoms with Crippen molar-refractivity contribution in [2.75, 3.05) is 39.3 Å². The maximum atomic E-state index is 12.9. The molecule has 0 spiro atoms. The summed E-state index contributed by atoms with van der Waals surface area (Å²) in [5.74, 6) is -0.814. The van der Waals surface area contributed by atoms with E-state index in [0.717, 1.165) is 25.0 Å². The number of hydrogen-bond donors (Lipinski definition) is 0. The van der Waals surface area contributed by atoms with Crippen LogP contribution in [0.15, 0.2) is 53.4 Å². The molecule has 2 amide bonds. The Kier molecular flexibility index (Phi) is 6.68. The monoisotopic (exact) mass is 495 g/mol. The number of sulfonamides is 1. The van der Waals surface area contributed by atoms with E-state index in [4.69, 9.17) is 0 Å². The maximum absolute atomic E-state index is 12.9. The second-order valence-electron chi connectivity index (χ2n) is 8.30. The Morgan fingerprint density at radius 3 is 1.79 bits per heavy atom. The average Bonchev–Trinajstić information content (AvgIpc) is 3.39. The minimum absolute atomic E-state index is 0.0515. The molecule has 2 aromatic rings. The first-order valence-electron chi connectivity index (χ1n) is 10.9. The molecule has 0 N–H and O–H groups in total. The van der Waals surface area contributed by atoms with Crippen LogP contribution >= 0.6 is 0 Å². The van der Waals surface area contributed by atoms with Crippen molar-refractivity contribution in [3.05, 3.63) is 65.2 Å². The van der Waals surface area contributed by atoms with Crippen molar-refractivity contribution < 1.29 is 31.2 Å². The van der Waals surface area contributed by atoms with Gasteiger partial charge in [-0.15, -0.1) is 0 Å². The zero-order chi connectivity index (χ0) is 24.5. The van der Waals surface area contributed by atoms with Crippen LogP contribution in [0.4, 0.5) is 13.2 Å². The van der Waals surface area contributed by atoms with Gasteiger partial charge >= 0.3 is 6.18 Å². The van der Waals surface area contributed by atoms with Crippen molar-refractivity contribution >= 4 is 21.8 Å². The third-order valence-electron chi connectivity index (χ3n) is 6.10. The molecule has 0 bridgehead atoms. The fourth-order valence-electron chi connectivity index (χ4n) is 4.15. The molecule has 7 nitrogen and oxygen atoms in total. The minimum Gasteiger partial charge on any atom is -0.335 e. The fourth-order valence-corrected chi connectivity index (χ4v) is 5.67. The van der Waals surface area contributed by atoms with E-state index >= 15 is 0 Å². The van der Waals surface area contributed by atoms with Gasteiger partial charge < -0.3 is 9.80 Å². The molecule has 0 aromatic heterocycles. The third-order valence-corrected chi connectivity index (χ3v) is 8.01. The van der Waals surface area contributed by atoms with Crippen molar-refractivity contribution in [2.45, 2.75) is 23.9 Å². The Morgan fingerprint density at radius 1 is 0.735 bits per heavy atom. The van der Waals surface area contributed by atoms with E-state index in [9.17, 15) is 31.2 Å². The van der Waals surface area contributed by atoms with Crippen LogP contribution < -0.4 is 0 Å². The van der Waals surface area contributed by atoms with E-state index in [-0.39, 0.29) is 42.5 Å². The van der Waals surface area contributed by atoms with Crippen LogP contribution in [0.5, 0.6) is 0 Å². The molecule has 2 saturated heterocycles. The molecule has 2 aromatic carbocycles. The van der Waals surface area contributed by atoms with Gasteiger partial charge in [0.25, 0.3) is 11.8 Å². The Hall–Kier alpha value is -2.92. The summed E-state index contributed by atoms with van der Waals surface area (Å²) in [5.41, 5.74) is -0.607. The molecule has 0 unspecified atom stereocenters. The molecule has 4 rings (SSSR count). The highest BCUT2D eigenvalue weighted by Crippen LogP contribution is 2.30. The standard InChI is InChI=1S/C23H24F3N3O4S/c24-23(25,26)19-5-3-4-18(16-19)22(31)28-14-12-27(13-15-28)21(30)17-6-8-20(9-7-17)34(32,33)29-10-1-2-11-29/h3-9,16H,1-2,10-15H2. The quantitative estimate of drug-likeness (QED) is 0.653. The summed E-state index contributed by atoms with van der Waals surface area (Å²) in [5, 5.41) is 0. The number of carbonyl (C=O) groups excluding carboxylic acids is 2. The molecular weight excluding hydrogens is 471 g/mol. The molecule has 182 valence electrons. The van der Waals surface area contributed by atoms with Crippen molar-refractivity contribution in [1.29, 1.82) is 0 Å². The number of piperazine rings is 1. The van der Waals surface area contributed by atoms with Crippen molar-refractivity contribution in [2.24, 2.45) is 0 Å². The number of rotatable bonds is 4. The zero-order valence-electron chi connectivity index (χ0n) is 18.3. The number of alkyl halides is 3. The Labute approximate surface area is 195 Å². The van der Waals surface area contributed by atoms with Crippen LogP contribution in [0.2, 0.25) is 0 Å². The second-order valence-corrected chi connectivity index (χ2v) is 10.2. The lowest BCUT2D eigenvalue weighted by Crippen LogP contribution is -2.50. The first kappa shape index (κ1) is 24.2. The van der Waals surface area contributed by atoms with Gasteiger partial charge in [0.15, 0.2) is 0 Å². The summed E-state index contributed by atoms with van der Waals surface area (Å²) >= 11 is 0. The number of benzene rings is 2. The lowest BCUT2D eigenvalue weighted by Gasteiger charge is -2.35. The van der Waals surface area contributed by atoms with Gasteiger partial charge in [-0.3, -0.25) is 9.59 Å². The average molecular weight is 496 g/mol. The summed E-state index contributed by atoms with van der Waals surface area (Å²) in [4.78, 5) is 28.6. The summed E-state index contributed by atoms with van der Waals surface area (Å²) in [6, 6.07) is 10.1. The van der Waals surface area contributed by atoms with Crippen LogP contribution in [-0.4, -0.2) is 73.6 Å². The molecule has 11 heteroatoms.